The minimum absolute atomic E-state index is 0.185. The van der Waals surface area contributed by atoms with Crippen molar-refractivity contribution in [3.8, 4) is 0 Å². The van der Waals surface area contributed by atoms with Gasteiger partial charge in [0.25, 0.3) is 0 Å². The number of anilines is 1. The molecule has 2 aromatic carbocycles. The predicted octanol–water partition coefficient (Wildman–Crippen LogP) is 8.09. The van der Waals surface area contributed by atoms with Crippen molar-refractivity contribution >= 4 is 50.2 Å². The van der Waals surface area contributed by atoms with Crippen molar-refractivity contribution in [2.45, 2.75) is 59.8 Å². The van der Waals surface area contributed by atoms with E-state index in [2.05, 4.69) is 37.1 Å². The van der Waals surface area contributed by atoms with Crippen LogP contribution >= 0.6 is 22.9 Å². The summed E-state index contributed by atoms with van der Waals surface area (Å²) in [4.78, 5) is 29.3. The normalized spacial score (nSPS) is 13.1. The summed E-state index contributed by atoms with van der Waals surface area (Å²) in [6.45, 7) is 8.70. The van der Waals surface area contributed by atoms with Crippen molar-refractivity contribution in [2.24, 2.45) is 17.8 Å². The van der Waals surface area contributed by atoms with E-state index in [1.165, 1.54) is 11.3 Å². The number of nitrogens with one attached hydrogen (secondary N) is 1. The number of ether oxygens (including phenoxy) is 1. The van der Waals surface area contributed by atoms with Crippen molar-refractivity contribution < 1.29 is 14.3 Å². The average Bonchev–Trinajstić information content (AvgIpc) is 3.18. The Morgan fingerprint density at radius 2 is 1.91 bits per heavy atom. The van der Waals surface area contributed by atoms with Gasteiger partial charge < -0.3 is 4.74 Å². The van der Waals surface area contributed by atoms with Gasteiger partial charge in [-0.05, 0) is 73.3 Å². The van der Waals surface area contributed by atoms with Crippen molar-refractivity contribution in [1.82, 2.24) is 4.98 Å². The molecule has 35 heavy (non-hydrogen) atoms. The number of thiazole rings is 1. The fraction of sp³-hybridized carbons (Fsp3) is 0.464. The van der Waals surface area contributed by atoms with Gasteiger partial charge >= 0.3 is 6.09 Å². The number of fused-ring (bicyclic) bond motifs is 1. The summed E-state index contributed by atoms with van der Waals surface area (Å²) in [5.41, 5.74) is 3.11. The van der Waals surface area contributed by atoms with Crippen LogP contribution in [-0.2, 0) is 16.0 Å². The van der Waals surface area contributed by atoms with Crippen LogP contribution in [0.3, 0.4) is 0 Å². The maximum atomic E-state index is 12.5. The molecule has 0 aliphatic rings. The molecule has 3 aromatic rings. The fourth-order valence-corrected chi connectivity index (χ4v) is 5.37. The Kier molecular flexibility index (Phi) is 10.1. The minimum atomic E-state index is -0.491. The van der Waals surface area contributed by atoms with Crippen molar-refractivity contribution in [1.29, 1.82) is 0 Å². The van der Waals surface area contributed by atoms with Gasteiger partial charge in [-0.1, -0.05) is 68.0 Å². The molecule has 0 saturated heterocycles. The van der Waals surface area contributed by atoms with Gasteiger partial charge in [-0.2, -0.15) is 0 Å². The summed E-state index contributed by atoms with van der Waals surface area (Å²) in [6, 6.07) is 13.8. The molecular formula is C28H35ClN2O3S. The molecule has 188 valence electrons. The molecule has 0 bridgehead atoms. The first-order chi connectivity index (χ1) is 16.7. The topological polar surface area (TPSA) is 68.3 Å². The van der Waals surface area contributed by atoms with Gasteiger partial charge in [0.15, 0.2) is 5.13 Å². The Morgan fingerprint density at radius 3 is 2.66 bits per heavy atom. The summed E-state index contributed by atoms with van der Waals surface area (Å²) in [6.07, 6.45) is 3.06. The molecule has 1 N–H and O–H groups in total. The van der Waals surface area contributed by atoms with E-state index in [1.807, 2.05) is 43.3 Å². The standard InChI is InChI=1S/C28H35ClN2O3S/c1-18(2)22(14-20(4)15-23(32)10-7-9-21-8-5-6-11-24(21)29)17-34-28(33)31-27-30-25-13-12-19(3)16-26(25)35-27/h5-6,8,11-13,16,18,20,22H,7,9-10,14-15,17H2,1-4H3,(H,30,31,33)/t20?,22-/m1/s1. The number of hydrogen-bond acceptors (Lipinski definition) is 5. The zero-order chi connectivity index (χ0) is 25.4. The zero-order valence-electron chi connectivity index (χ0n) is 21.0. The third kappa shape index (κ3) is 8.62. The molecule has 0 radical (unpaired) electrons. The Morgan fingerprint density at radius 1 is 1.14 bits per heavy atom. The average molecular weight is 515 g/mol. The number of benzene rings is 2. The number of carbonyl (C=O) groups is 2. The molecule has 2 atom stereocenters. The van der Waals surface area contributed by atoms with Gasteiger partial charge in [0, 0.05) is 17.9 Å². The first-order valence-electron chi connectivity index (χ1n) is 12.3. The Labute approximate surface area is 217 Å². The van der Waals surface area contributed by atoms with Gasteiger partial charge in [0.05, 0.1) is 16.8 Å². The van der Waals surface area contributed by atoms with E-state index in [0.717, 1.165) is 45.6 Å². The molecule has 7 heteroatoms. The SMILES string of the molecule is Cc1ccc2nc(NC(=O)OC[C@@H](CC(C)CC(=O)CCCc3ccccc3Cl)C(C)C)sc2c1. The zero-order valence-corrected chi connectivity index (χ0v) is 22.5. The molecule has 0 fully saturated rings. The van der Waals surface area contributed by atoms with Gasteiger partial charge in [-0.15, -0.1) is 0 Å². The molecule has 1 unspecified atom stereocenters. The summed E-state index contributed by atoms with van der Waals surface area (Å²) in [5, 5.41) is 4.05. The van der Waals surface area contributed by atoms with Gasteiger partial charge in [0.2, 0.25) is 0 Å². The molecule has 0 spiro atoms. The number of amides is 1. The van der Waals surface area contributed by atoms with Crippen LogP contribution in [0.5, 0.6) is 0 Å². The molecular weight excluding hydrogens is 480 g/mol. The van der Waals surface area contributed by atoms with Gasteiger partial charge in [-0.3, -0.25) is 10.1 Å². The van der Waals surface area contributed by atoms with E-state index in [0.29, 0.717) is 30.5 Å². The number of aromatic nitrogens is 1. The Balaban J connectivity index is 1.41. The van der Waals surface area contributed by atoms with Crippen LogP contribution in [0.15, 0.2) is 42.5 Å². The Hall–Kier alpha value is -2.44. The summed E-state index contributed by atoms with van der Waals surface area (Å²) >= 11 is 7.64. The lowest BCUT2D eigenvalue weighted by atomic mass is 9.85. The van der Waals surface area contributed by atoms with Gasteiger partial charge in [-0.25, -0.2) is 9.78 Å². The molecule has 0 aliphatic heterocycles. The lowest BCUT2D eigenvalue weighted by molar-refractivity contribution is -0.120. The maximum Gasteiger partial charge on any atom is 0.413 e. The van der Waals surface area contributed by atoms with Crippen molar-refractivity contribution in [3.63, 3.8) is 0 Å². The highest BCUT2D eigenvalue weighted by molar-refractivity contribution is 7.22. The molecule has 0 aliphatic carbocycles. The maximum absolute atomic E-state index is 12.5. The van der Waals surface area contributed by atoms with Crippen LogP contribution in [0.25, 0.3) is 10.2 Å². The summed E-state index contributed by atoms with van der Waals surface area (Å²) < 4.78 is 6.57. The van der Waals surface area contributed by atoms with E-state index in [9.17, 15) is 9.59 Å². The quantitative estimate of drug-likeness (QED) is 0.265. The number of rotatable bonds is 12. The second-order valence-electron chi connectivity index (χ2n) is 9.75. The number of halogens is 1. The van der Waals surface area contributed by atoms with Crippen LogP contribution in [0, 0.1) is 24.7 Å². The predicted molar refractivity (Wildman–Crippen MR) is 145 cm³/mol. The number of aryl methyl sites for hydroxylation is 2. The smallest absolute Gasteiger partial charge is 0.413 e. The number of hydrogen-bond donors (Lipinski definition) is 1. The van der Waals surface area contributed by atoms with Crippen LogP contribution in [0.4, 0.5) is 9.93 Å². The summed E-state index contributed by atoms with van der Waals surface area (Å²) in [5.74, 6) is 1.03. The minimum Gasteiger partial charge on any atom is -0.449 e. The highest BCUT2D eigenvalue weighted by atomic mass is 35.5. The van der Waals surface area contributed by atoms with Crippen LogP contribution in [-0.4, -0.2) is 23.5 Å². The molecule has 1 amide bonds. The second kappa shape index (κ2) is 13.0. The lowest BCUT2D eigenvalue weighted by Gasteiger charge is -2.24. The van der Waals surface area contributed by atoms with Crippen molar-refractivity contribution in [3.05, 3.63) is 58.6 Å². The van der Waals surface area contributed by atoms with E-state index < -0.39 is 6.09 Å². The number of ketones is 1. The summed E-state index contributed by atoms with van der Waals surface area (Å²) in [7, 11) is 0. The highest BCUT2D eigenvalue weighted by Gasteiger charge is 2.21. The number of carbonyl (C=O) groups excluding carboxylic acids is 2. The van der Waals surface area contributed by atoms with Crippen LogP contribution < -0.4 is 5.32 Å². The third-order valence-electron chi connectivity index (χ3n) is 6.27. The third-order valence-corrected chi connectivity index (χ3v) is 7.57. The number of nitrogens with zero attached hydrogens (tertiary/aromatic N) is 1. The van der Waals surface area contributed by atoms with Gasteiger partial charge in [0.1, 0.15) is 5.78 Å². The lowest BCUT2D eigenvalue weighted by Crippen LogP contribution is -2.24. The van der Waals surface area contributed by atoms with Crippen LogP contribution in [0.1, 0.15) is 57.6 Å². The largest absolute Gasteiger partial charge is 0.449 e. The fourth-order valence-electron chi connectivity index (χ4n) is 4.19. The molecule has 1 heterocycles. The van der Waals surface area contributed by atoms with E-state index >= 15 is 0 Å². The van der Waals surface area contributed by atoms with Crippen LogP contribution in [0.2, 0.25) is 5.02 Å². The molecule has 5 nitrogen and oxygen atoms in total. The second-order valence-corrected chi connectivity index (χ2v) is 11.2. The molecule has 1 aromatic heterocycles. The highest BCUT2D eigenvalue weighted by Crippen LogP contribution is 2.27. The van der Waals surface area contributed by atoms with E-state index in [-0.39, 0.29) is 17.6 Å². The first kappa shape index (κ1) is 27.2. The van der Waals surface area contributed by atoms with Crippen molar-refractivity contribution in [2.75, 3.05) is 11.9 Å². The Bertz CT molecular complexity index is 1140. The molecule has 0 saturated carbocycles. The first-order valence-corrected chi connectivity index (χ1v) is 13.5. The molecule has 3 rings (SSSR count). The monoisotopic (exact) mass is 514 g/mol. The van der Waals surface area contributed by atoms with E-state index in [1.54, 1.807) is 0 Å². The number of Topliss-reactive ketones (excluding diaryl/α,β-unsaturated/α-hetero) is 1. The van der Waals surface area contributed by atoms with E-state index in [4.69, 9.17) is 16.3 Å².